The number of hydrogen-bond acceptors (Lipinski definition) is 5. The van der Waals surface area contributed by atoms with Gasteiger partial charge >= 0.3 is 0 Å². The van der Waals surface area contributed by atoms with Crippen LogP contribution in [0.15, 0.2) is 65.8 Å². The molecule has 1 amide bonds. The van der Waals surface area contributed by atoms with E-state index in [2.05, 4.69) is 32.2 Å². The van der Waals surface area contributed by atoms with Crippen LogP contribution in [-0.2, 0) is 11.3 Å². The van der Waals surface area contributed by atoms with Crippen molar-refractivity contribution in [2.24, 2.45) is 0 Å². The minimum atomic E-state index is 0.00220. The largest absolute Gasteiger partial charge is 0.354 e. The molecule has 7 heteroatoms. The quantitative estimate of drug-likeness (QED) is 0.565. The Morgan fingerprint density at radius 1 is 1.04 bits per heavy atom. The first-order valence-electron chi connectivity index (χ1n) is 9.20. The summed E-state index contributed by atoms with van der Waals surface area (Å²) in [5.41, 5.74) is 2.17. The third-order valence-corrected chi connectivity index (χ3v) is 5.11. The lowest BCUT2D eigenvalue weighted by atomic mass is 10.2. The van der Waals surface area contributed by atoms with Crippen LogP contribution in [-0.4, -0.2) is 58.5 Å². The van der Waals surface area contributed by atoms with E-state index in [0.717, 1.165) is 28.7 Å². The molecule has 6 nitrogen and oxygen atoms in total. The molecule has 0 atom stereocenters. The Bertz CT molecular complexity index is 880. The van der Waals surface area contributed by atoms with Crippen molar-refractivity contribution in [3.05, 3.63) is 66.2 Å². The molecule has 3 rings (SSSR count). The zero-order valence-corrected chi connectivity index (χ0v) is 17.0. The molecular weight excluding hydrogens is 370 g/mol. The molecule has 3 aromatic rings. The second-order valence-electron chi connectivity index (χ2n) is 6.69. The maximum atomic E-state index is 12.1. The zero-order valence-electron chi connectivity index (χ0n) is 16.2. The van der Waals surface area contributed by atoms with Crippen molar-refractivity contribution >= 4 is 17.7 Å². The van der Waals surface area contributed by atoms with Gasteiger partial charge in [0.15, 0.2) is 11.0 Å². The molecule has 0 saturated carbocycles. The van der Waals surface area contributed by atoms with Gasteiger partial charge in [-0.15, -0.1) is 10.2 Å². The molecule has 0 saturated heterocycles. The Morgan fingerprint density at radius 3 is 2.39 bits per heavy atom. The molecule has 0 spiro atoms. The Labute approximate surface area is 170 Å². The summed E-state index contributed by atoms with van der Waals surface area (Å²) >= 11 is 1.41. The third-order valence-electron chi connectivity index (χ3n) is 4.15. The number of thioether (sulfide) groups is 1. The second kappa shape index (κ2) is 10.1. The van der Waals surface area contributed by atoms with E-state index in [1.165, 1.54) is 11.8 Å². The maximum absolute atomic E-state index is 12.1. The highest BCUT2D eigenvalue weighted by molar-refractivity contribution is 7.99. The van der Waals surface area contributed by atoms with Gasteiger partial charge in [-0.1, -0.05) is 72.4 Å². The van der Waals surface area contributed by atoms with Crippen molar-refractivity contribution in [1.29, 1.82) is 0 Å². The van der Waals surface area contributed by atoms with Gasteiger partial charge in [0.1, 0.15) is 0 Å². The fourth-order valence-corrected chi connectivity index (χ4v) is 3.47. The summed E-state index contributed by atoms with van der Waals surface area (Å²) in [6.07, 6.45) is 0. The highest BCUT2D eigenvalue weighted by Gasteiger charge is 2.16. The Kier molecular flexibility index (Phi) is 7.22. The van der Waals surface area contributed by atoms with Gasteiger partial charge in [0.25, 0.3) is 0 Å². The molecule has 1 aromatic heterocycles. The van der Waals surface area contributed by atoms with Crippen molar-refractivity contribution in [1.82, 2.24) is 25.0 Å². The first kappa shape index (κ1) is 20.1. The van der Waals surface area contributed by atoms with Crippen LogP contribution in [0.4, 0.5) is 0 Å². The van der Waals surface area contributed by atoms with Gasteiger partial charge in [-0.3, -0.25) is 9.36 Å². The first-order chi connectivity index (χ1) is 13.6. The molecule has 0 aliphatic heterocycles. The molecule has 0 aliphatic rings. The lowest BCUT2D eigenvalue weighted by Gasteiger charge is -2.11. The summed E-state index contributed by atoms with van der Waals surface area (Å²) in [6.45, 7) is 2.11. The van der Waals surface area contributed by atoms with Crippen molar-refractivity contribution in [2.75, 3.05) is 32.9 Å². The number of benzene rings is 2. The molecule has 2 aromatic carbocycles. The number of amides is 1. The molecule has 146 valence electrons. The normalized spacial score (nSPS) is 11.0. The topological polar surface area (TPSA) is 63.1 Å². The van der Waals surface area contributed by atoms with Crippen LogP contribution in [0, 0.1) is 0 Å². The van der Waals surface area contributed by atoms with Gasteiger partial charge < -0.3 is 10.2 Å². The molecule has 28 heavy (non-hydrogen) atoms. The van der Waals surface area contributed by atoms with Crippen molar-refractivity contribution in [3.8, 4) is 11.4 Å². The van der Waals surface area contributed by atoms with Crippen LogP contribution < -0.4 is 5.32 Å². The molecule has 0 fully saturated rings. The summed E-state index contributed by atoms with van der Waals surface area (Å²) in [5, 5.41) is 12.4. The number of carbonyl (C=O) groups excluding carboxylic acids is 1. The zero-order chi connectivity index (χ0) is 19.8. The minimum absolute atomic E-state index is 0.00220. The van der Waals surface area contributed by atoms with Gasteiger partial charge in [-0.2, -0.15) is 0 Å². The predicted octanol–water partition coefficient (Wildman–Crippen LogP) is 2.76. The average Bonchev–Trinajstić information content (AvgIpc) is 3.10. The summed E-state index contributed by atoms with van der Waals surface area (Å²) in [7, 11) is 3.97. The van der Waals surface area contributed by atoms with Gasteiger partial charge in [0.05, 0.1) is 12.3 Å². The van der Waals surface area contributed by atoms with Crippen LogP contribution in [0.2, 0.25) is 0 Å². The highest BCUT2D eigenvalue weighted by atomic mass is 32.2. The van der Waals surface area contributed by atoms with E-state index < -0.39 is 0 Å². The lowest BCUT2D eigenvalue weighted by Crippen LogP contribution is -2.32. The van der Waals surface area contributed by atoms with Gasteiger partial charge in [-0.05, 0) is 19.7 Å². The summed E-state index contributed by atoms with van der Waals surface area (Å²) in [5.74, 6) is 1.12. The Morgan fingerprint density at radius 2 is 1.71 bits per heavy atom. The summed E-state index contributed by atoms with van der Waals surface area (Å²) in [6, 6.07) is 20.2. The lowest BCUT2D eigenvalue weighted by molar-refractivity contribution is -0.118. The predicted molar refractivity (Wildman–Crippen MR) is 113 cm³/mol. The fraction of sp³-hybridized carbons (Fsp3) is 0.286. The average molecular weight is 396 g/mol. The van der Waals surface area contributed by atoms with Crippen LogP contribution in [0.3, 0.4) is 0 Å². The number of aromatic nitrogens is 3. The van der Waals surface area contributed by atoms with E-state index in [0.29, 0.717) is 18.8 Å². The number of carbonyl (C=O) groups is 1. The molecule has 1 N–H and O–H groups in total. The molecule has 0 radical (unpaired) electrons. The first-order valence-corrected chi connectivity index (χ1v) is 10.2. The fourth-order valence-electron chi connectivity index (χ4n) is 2.70. The molecule has 0 unspecified atom stereocenters. The van der Waals surface area contributed by atoms with Crippen LogP contribution >= 0.6 is 11.8 Å². The van der Waals surface area contributed by atoms with E-state index in [4.69, 9.17) is 0 Å². The monoisotopic (exact) mass is 395 g/mol. The Hall–Kier alpha value is -2.64. The number of rotatable bonds is 9. The van der Waals surface area contributed by atoms with E-state index in [1.807, 2.05) is 67.5 Å². The van der Waals surface area contributed by atoms with E-state index in [9.17, 15) is 4.79 Å². The molecule has 1 heterocycles. The van der Waals surface area contributed by atoms with E-state index >= 15 is 0 Å². The summed E-state index contributed by atoms with van der Waals surface area (Å²) in [4.78, 5) is 14.2. The second-order valence-corrected chi connectivity index (χ2v) is 7.63. The summed E-state index contributed by atoms with van der Waals surface area (Å²) < 4.78 is 2.07. The third kappa shape index (κ3) is 5.68. The molecular formula is C21H25N5OS. The number of likely N-dealkylation sites (N-methyl/N-ethyl adjacent to an activating group) is 1. The van der Waals surface area contributed by atoms with Gasteiger partial charge in [0, 0.05) is 18.7 Å². The minimum Gasteiger partial charge on any atom is -0.354 e. The van der Waals surface area contributed by atoms with Gasteiger partial charge in [-0.25, -0.2) is 0 Å². The standard InChI is InChI=1S/C21H25N5OS/c1-25(2)14-13-22-19(27)16-28-21-24-23-20(18-11-7-4-8-12-18)26(21)15-17-9-5-3-6-10-17/h3-12H,13-16H2,1-2H3,(H,22,27). The van der Waals surface area contributed by atoms with Crippen molar-refractivity contribution in [3.63, 3.8) is 0 Å². The molecule has 0 aliphatic carbocycles. The van der Waals surface area contributed by atoms with Crippen molar-refractivity contribution < 1.29 is 4.79 Å². The van der Waals surface area contributed by atoms with Gasteiger partial charge in [0.2, 0.25) is 5.91 Å². The number of hydrogen-bond donors (Lipinski definition) is 1. The Balaban J connectivity index is 1.75. The highest BCUT2D eigenvalue weighted by Crippen LogP contribution is 2.25. The number of nitrogens with one attached hydrogen (secondary N) is 1. The number of nitrogens with zero attached hydrogens (tertiary/aromatic N) is 4. The van der Waals surface area contributed by atoms with Crippen LogP contribution in [0.1, 0.15) is 5.56 Å². The van der Waals surface area contributed by atoms with E-state index in [1.54, 1.807) is 0 Å². The maximum Gasteiger partial charge on any atom is 0.230 e. The van der Waals surface area contributed by atoms with Crippen molar-refractivity contribution in [2.45, 2.75) is 11.7 Å². The SMILES string of the molecule is CN(C)CCNC(=O)CSc1nnc(-c2ccccc2)n1Cc1ccccc1. The molecule has 0 bridgehead atoms. The van der Waals surface area contributed by atoms with E-state index in [-0.39, 0.29) is 5.91 Å². The van der Waals surface area contributed by atoms with Crippen LogP contribution in [0.25, 0.3) is 11.4 Å². The van der Waals surface area contributed by atoms with Crippen LogP contribution in [0.5, 0.6) is 0 Å². The smallest absolute Gasteiger partial charge is 0.230 e.